The molecule has 0 aliphatic rings. The summed E-state index contributed by atoms with van der Waals surface area (Å²) in [5.74, 6) is 0.0358. The summed E-state index contributed by atoms with van der Waals surface area (Å²) >= 11 is 0. The Labute approximate surface area is 139 Å². The Hall–Kier alpha value is -3.22. The first kappa shape index (κ1) is 15.7. The molecule has 0 bridgehead atoms. The van der Waals surface area contributed by atoms with Gasteiger partial charge in [-0.05, 0) is 18.6 Å². The average Bonchev–Trinajstić information content (AvgIpc) is 3.01. The molecule has 0 atom stereocenters. The Balaban J connectivity index is 2.02. The zero-order valence-corrected chi connectivity index (χ0v) is 13.6. The molecule has 122 valence electrons. The topological polar surface area (TPSA) is 81.9 Å². The first-order chi connectivity index (χ1) is 11.6. The van der Waals surface area contributed by atoms with Crippen molar-refractivity contribution in [1.82, 2.24) is 19.7 Å². The Morgan fingerprint density at radius 1 is 1.25 bits per heavy atom. The Bertz CT molecular complexity index is 888. The normalized spacial score (nSPS) is 10.5. The third kappa shape index (κ3) is 3.10. The third-order valence-corrected chi connectivity index (χ3v) is 3.52. The highest BCUT2D eigenvalue weighted by molar-refractivity contribution is 5.97. The monoisotopic (exact) mass is 323 g/mol. The first-order valence-electron chi connectivity index (χ1n) is 7.35. The molecule has 0 radical (unpaired) electrons. The minimum absolute atomic E-state index is 0.398. The molecular weight excluding hydrogens is 306 g/mol. The van der Waals surface area contributed by atoms with Gasteiger partial charge in [-0.3, -0.25) is 4.68 Å². The van der Waals surface area contributed by atoms with Crippen LogP contribution in [0.4, 0.5) is 11.6 Å². The third-order valence-electron chi connectivity index (χ3n) is 3.52. The van der Waals surface area contributed by atoms with Crippen LogP contribution in [-0.2, 0) is 11.8 Å². The van der Waals surface area contributed by atoms with Crippen LogP contribution < -0.4 is 5.32 Å². The molecule has 3 rings (SSSR count). The van der Waals surface area contributed by atoms with Gasteiger partial charge < -0.3 is 10.1 Å². The molecule has 0 amide bonds. The van der Waals surface area contributed by atoms with Gasteiger partial charge in [0.15, 0.2) is 0 Å². The maximum absolute atomic E-state index is 12.0. The van der Waals surface area contributed by atoms with Crippen LogP contribution in [0.3, 0.4) is 0 Å². The molecule has 2 heterocycles. The van der Waals surface area contributed by atoms with E-state index in [-0.39, 0.29) is 0 Å². The van der Waals surface area contributed by atoms with Gasteiger partial charge in [-0.25, -0.2) is 14.8 Å². The van der Waals surface area contributed by atoms with E-state index >= 15 is 0 Å². The number of rotatable bonds is 4. The van der Waals surface area contributed by atoms with E-state index in [0.717, 1.165) is 11.3 Å². The predicted molar refractivity (Wildman–Crippen MR) is 90.0 cm³/mol. The number of hydrogen-bond acceptors (Lipinski definition) is 6. The summed E-state index contributed by atoms with van der Waals surface area (Å²) < 4.78 is 6.54. The molecule has 1 N–H and O–H groups in total. The van der Waals surface area contributed by atoms with E-state index in [1.165, 1.54) is 7.11 Å². The van der Waals surface area contributed by atoms with Crippen molar-refractivity contribution in [2.24, 2.45) is 7.05 Å². The number of hydrogen-bond donors (Lipinski definition) is 1. The van der Waals surface area contributed by atoms with Crippen molar-refractivity contribution in [3.8, 4) is 11.3 Å². The number of carbonyl (C=O) groups is 1. The smallest absolute Gasteiger partial charge is 0.338 e. The van der Waals surface area contributed by atoms with Crippen LogP contribution in [-0.4, -0.2) is 32.8 Å². The van der Waals surface area contributed by atoms with Crippen molar-refractivity contribution < 1.29 is 9.53 Å². The molecule has 3 aromatic rings. The number of methoxy groups -OCH3 is 1. The van der Waals surface area contributed by atoms with Gasteiger partial charge in [0.25, 0.3) is 0 Å². The van der Waals surface area contributed by atoms with Crippen LogP contribution in [0.2, 0.25) is 0 Å². The lowest BCUT2D eigenvalue weighted by atomic mass is 10.0. The summed E-state index contributed by atoms with van der Waals surface area (Å²) in [5.41, 5.74) is 3.50. The second-order valence-corrected chi connectivity index (χ2v) is 5.29. The van der Waals surface area contributed by atoms with E-state index in [2.05, 4.69) is 20.4 Å². The number of nitrogens with zero attached hydrogens (tertiary/aromatic N) is 4. The summed E-state index contributed by atoms with van der Waals surface area (Å²) in [6.45, 7) is 1.90. The van der Waals surface area contributed by atoms with E-state index in [1.54, 1.807) is 29.2 Å². The lowest BCUT2D eigenvalue weighted by Crippen LogP contribution is -2.06. The number of anilines is 2. The molecule has 0 aliphatic heterocycles. The van der Waals surface area contributed by atoms with Gasteiger partial charge >= 0.3 is 5.97 Å². The van der Waals surface area contributed by atoms with Crippen LogP contribution in [0.5, 0.6) is 0 Å². The minimum atomic E-state index is -0.398. The summed E-state index contributed by atoms with van der Waals surface area (Å²) in [6, 6.07) is 7.21. The highest BCUT2D eigenvalue weighted by Crippen LogP contribution is 2.26. The van der Waals surface area contributed by atoms with Crippen LogP contribution in [0.15, 0.2) is 42.9 Å². The minimum Gasteiger partial charge on any atom is -0.465 e. The molecule has 7 nitrogen and oxygen atoms in total. The van der Waals surface area contributed by atoms with Gasteiger partial charge in [-0.1, -0.05) is 18.2 Å². The summed E-state index contributed by atoms with van der Waals surface area (Å²) in [4.78, 5) is 20.9. The van der Waals surface area contributed by atoms with E-state index in [9.17, 15) is 4.79 Å². The largest absolute Gasteiger partial charge is 0.465 e. The number of benzene rings is 1. The number of esters is 1. The molecule has 2 aromatic heterocycles. The summed E-state index contributed by atoms with van der Waals surface area (Å²) in [7, 11) is 3.19. The van der Waals surface area contributed by atoms with Crippen LogP contribution in [0, 0.1) is 6.92 Å². The molecule has 1 aromatic carbocycles. The van der Waals surface area contributed by atoms with E-state index < -0.39 is 5.97 Å². The van der Waals surface area contributed by atoms with Gasteiger partial charge in [0.05, 0.1) is 30.3 Å². The fraction of sp³-hybridized carbons (Fsp3) is 0.176. The van der Waals surface area contributed by atoms with Crippen molar-refractivity contribution >= 4 is 17.6 Å². The van der Waals surface area contributed by atoms with Crippen molar-refractivity contribution in [1.29, 1.82) is 0 Å². The van der Waals surface area contributed by atoms with Crippen molar-refractivity contribution in [2.75, 3.05) is 12.4 Å². The van der Waals surface area contributed by atoms with Gasteiger partial charge in [0, 0.05) is 25.0 Å². The quantitative estimate of drug-likeness (QED) is 0.743. The van der Waals surface area contributed by atoms with Gasteiger partial charge in [0.1, 0.15) is 0 Å². The van der Waals surface area contributed by atoms with Crippen LogP contribution in [0.25, 0.3) is 11.3 Å². The maximum Gasteiger partial charge on any atom is 0.338 e. The second-order valence-electron chi connectivity index (χ2n) is 5.29. The first-order valence-corrected chi connectivity index (χ1v) is 7.35. The molecular formula is C17H17N5O2. The highest BCUT2D eigenvalue weighted by atomic mass is 16.5. The van der Waals surface area contributed by atoms with E-state index in [0.29, 0.717) is 22.8 Å². The van der Waals surface area contributed by atoms with E-state index in [1.807, 2.05) is 32.3 Å². The van der Waals surface area contributed by atoms with E-state index in [4.69, 9.17) is 4.74 Å². The lowest BCUT2D eigenvalue weighted by Gasteiger charge is -2.11. The molecule has 0 saturated heterocycles. The van der Waals surface area contributed by atoms with Crippen molar-refractivity contribution in [2.45, 2.75) is 6.92 Å². The zero-order chi connectivity index (χ0) is 17.1. The number of aryl methyl sites for hydroxylation is 2. The highest BCUT2D eigenvalue weighted by Gasteiger charge is 2.16. The SMILES string of the molecule is COC(=O)c1ccccc1-c1nc(Nc2cnn(C)c2)ncc1C. The fourth-order valence-electron chi connectivity index (χ4n) is 2.37. The molecule has 24 heavy (non-hydrogen) atoms. The molecule has 0 fully saturated rings. The lowest BCUT2D eigenvalue weighted by molar-refractivity contribution is 0.0601. The molecule has 0 aliphatic carbocycles. The molecule has 7 heteroatoms. The second kappa shape index (κ2) is 6.49. The van der Waals surface area contributed by atoms with Crippen molar-refractivity contribution in [3.63, 3.8) is 0 Å². The average molecular weight is 323 g/mol. The van der Waals surface area contributed by atoms with Gasteiger partial charge in [0.2, 0.25) is 5.95 Å². The van der Waals surface area contributed by atoms with Crippen LogP contribution >= 0.6 is 0 Å². The number of ether oxygens (including phenoxy) is 1. The standard InChI is InChI=1S/C17H17N5O2/c1-11-8-18-17(20-12-9-19-22(2)10-12)21-15(11)13-6-4-5-7-14(13)16(23)24-3/h4-10H,1-3H3,(H,18,20,21). The predicted octanol–water partition coefficient (Wildman–Crippen LogP) is 2.72. The maximum atomic E-state index is 12.0. The Morgan fingerprint density at radius 3 is 2.75 bits per heavy atom. The fourth-order valence-corrected chi connectivity index (χ4v) is 2.37. The number of aromatic nitrogens is 4. The molecule has 0 saturated carbocycles. The Morgan fingerprint density at radius 2 is 2.04 bits per heavy atom. The van der Waals surface area contributed by atoms with Crippen LogP contribution in [0.1, 0.15) is 15.9 Å². The molecule has 0 spiro atoms. The molecule has 0 unspecified atom stereocenters. The van der Waals surface area contributed by atoms with Crippen molar-refractivity contribution in [3.05, 3.63) is 54.0 Å². The number of carbonyl (C=O) groups excluding carboxylic acids is 1. The summed E-state index contributed by atoms with van der Waals surface area (Å²) in [5, 5.41) is 7.20. The van der Waals surface area contributed by atoms with Gasteiger partial charge in [-0.2, -0.15) is 5.10 Å². The number of nitrogens with one attached hydrogen (secondary N) is 1. The Kier molecular flexibility index (Phi) is 4.24. The summed E-state index contributed by atoms with van der Waals surface area (Å²) in [6.07, 6.45) is 5.23. The van der Waals surface area contributed by atoms with Gasteiger partial charge in [-0.15, -0.1) is 0 Å². The zero-order valence-electron chi connectivity index (χ0n) is 13.6.